The molecule has 1 saturated heterocycles. The van der Waals surface area contributed by atoms with Gasteiger partial charge >= 0.3 is 0 Å². The number of likely N-dealkylation sites (tertiary alicyclic amines) is 1. The van der Waals surface area contributed by atoms with Crippen LogP contribution in [0.25, 0.3) is 0 Å². The molecule has 0 aliphatic carbocycles. The van der Waals surface area contributed by atoms with Gasteiger partial charge in [0, 0.05) is 6.04 Å². The fourth-order valence-electron chi connectivity index (χ4n) is 2.61. The molecule has 0 spiro atoms. The van der Waals surface area contributed by atoms with Gasteiger partial charge in [0.2, 0.25) is 10.0 Å². The van der Waals surface area contributed by atoms with Crippen molar-refractivity contribution in [1.29, 1.82) is 0 Å². The number of rotatable bonds is 5. The predicted octanol–water partition coefficient (Wildman–Crippen LogP) is 3.15. The van der Waals surface area contributed by atoms with Crippen molar-refractivity contribution in [1.82, 2.24) is 9.62 Å². The zero-order valence-electron chi connectivity index (χ0n) is 12.0. The first-order valence-electron chi connectivity index (χ1n) is 7.12. The Kier molecular flexibility index (Phi) is 5.91. The van der Waals surface area contributed by atoms with Gasteiger partial charge in [0.15, 0.2) is 0 Å². The van der Waals surface area contributed by atoms with Crippen molar-refractivity contribution in [3.63, 3.8) is 0 Å². The molecule has 0 atom stereocenters. The number of hydrogen-bond acceptors (Lipinski definition) is 3. The highest BCUT2D eigenvalue weighted by Crippen LogP contribution is 2.29. The predicted molar refractivity (Wildman–Crippen MR) is 86.5 cm³/mol. The number of piperidine rings is 1. The van der Waals surface area contributed by atoms with Gasteiger partial charge in [0.05, 0.1) is 10.0 Å². The van der Waals surface area contributed by atoms with Crippen molar-refractivity contribution in [2.75, 3.05) is 19.6 Å². The third-order valence-corrected chi connectivity index (χ3v) is 6.11. The summed E-state index contributed by atoms with van der Waals surface area (Å²) in [6.07, 6.45) is 2.73. The van der Waals surface area contributed by atoms with Gasteiger partial charge in [-0.05, 0) is 51.0 Å². The molecular weight excluding hydrogens is 331 g/mol. The fraction of sp³-hybridized carbons (Fsp3) is 0.571. The first kappa shape index (κ1) is 17.0. The second kappa shape index (κ2) is 7.29. The fourth-order valence-corrected chi connectivity index (χ4v) is 5.06. The van der Waals surface area contributed by atoms with E-state index in [0.29, 0.717) is 0 Å². The summed E-state index contributed by atoms with van der Waals surface area (Å²) < 4.78 is 27.6. The number of sulfonamides is 1. The average molecular weight is 351 g/mol. The molecule has 1 aromatic carbocycles. The van der Waals surface area contributed by atoms with E-state index in [9.17, 15) is 8.42 Å². The van der Waals surface area contributed by atoms with Crippen LogP contribution in [0.4, 0.5) is 0 Å². The lowest BCUT2D eigenvalue weighted by atomic mass is 10.1. The van der Waals surface area contributed by atoms with Gasteiger partial charge in [-0.2, -0.15) is 0 Å². The van der Waals surface area contributed by atoms with Gasteiger partial charge in [-0.25, -0.2) is 13.1 Å². The van der Waals surface area contributed by atoms with Gasteiger partial charge < -0.3 is 4.90 Å². The highest BCUT2D eigenvalue weighted by atomic mass is 35.5. The Morgan fingerprint density at radius 2 is 1.81 bits per heavy atom. The number of halogens is 2. The van der Waals surface area contributed by atoms with E-state index in [-0.39, 0.29) is 21.0 Å². The molecule has 0 amide bonds. The smallest absolute Gasteiger partial charge is 0.243 e. The summed E-state index contributed by atoms with van der Waals surface area (Å²) >= 11 is 12.0. The van der Waals surface area contributed by atoms with E-state index >= 15 is 0 Å². The number of nitrogens with zero attached hydrogens (tertiary/aromatic N) is 1. The second-order valence-electron chi connectivity index (χ2n) is 5.29. The molecular formula is C14H20Cl2N2O2S. The van der Waals surface area contributed by atoms with Crippen LogP contribution in [-0.2, 0) is 10.0 Å². The van der Waals surface area contributed by atoms with Crippen LogP contribution < -0.4 is 4.72 Å². The first-order valence-corrected chi connectivity index (χ1v) is 9.36. The monoisotopic (exact) mass is 350 g/mol. The summed E-state index contributed by atoms with van der Waals surface area (Å²) in [7, 11) is -3.68. The van der Waals surface area contributed by atoms with Crippen LogP contribution in [0.15, 0.2) is 23.1 Å². The Morgan fingerprint density at radius 3 is 2.33 bits per heavy atom. The minimum atomic E-state index is -3.68. The van der Waals surface area contributed by atoms with E-state index in [2.05, 4.69) is 16.5 Å². The third-order valence-electron chi connectivity index (χ3n) is 3.64. The van der Waals surface area contributed by atoms with Gasteiger partial charge in [-0.3, -0.25) is 0 Å². The third kappa shape index (κ3) is 4.33. The molecule has 21 heavy (non-hydrogen) atoms. The summed E-state index contributed by atoms with van der Waals surface area (Å²) in [5, 5.41) is 0.303. The highest BCUT2D eigenvalue weighted by Gasteiger charge is 2.27. The Labute approximate surface area is 136 Å². The summed E-state index contributed by atoms with van der Waals surface area (Å²) in [6.45, 7) is 5.04. The van der Waals surface area contributed by atoms with Crippen LogP contribution in [0.3, 0.4) is 0 Å². The maximum atomic E-state index is 12.5. The van der Waals surface area contributed by atoms with Crippen LogP contribution in [-0.4, -0.2) is 39.0 Å². The Morgan fingerprint density at radius 1 is 1.24 bits per heavy atom. The molecule has 1 N–H and O–H groups in total. The standard InChI is InChI=1S/C14H20Cl2N2O2S/c1-2-8-18-9-6-11(7-10-18)17-21(19,20)14-12(15)4-3-5-13(14)16/h3-5,11,17H,2,6-10H2,1H3. The van der Waals surface area contributed by atoms with Crippen LogP contribution >= 0.6 is 23.2 Å². The van der Waals surface area contributed by atoms with E-state index < -0.39 is 10.0 Å². The van der Waals surface area contributed by atoms with Crippen molar-refractivity contribution in [3.8, 4) is 0 Å². The molecule has 1 aliphatic heterocycles. The second-order valence-corrected chi connectivity index (χ2v) is 7.75. The van der Waals surface area contributed by atoms with Crippen molar-refractivity contribution in [2.24, 2.45) is 0 Å². The Hall–Kier alpha value is -0.330. The maximum absolute atomic E-state index is 12.5. The maximum Gasteiger partial charge on any atom is 0.243 e. The first-order chi connectivity index (χ1) is 9.94. The van der Waals surface area contributed by atoms with E-state index in [0.717, 1.165) is 38.9 Å². The van der Waals surface area contributed by atoms with Crippen LogP contribution in [0, 0.1) is 0 Å². The number of nitrogens with one attached hydrogen (secondary N) is 1. The molecule has 2 rings (SSSR count). The average Bonchev–Trinajstić information content (AvgIpc) is 2.40. The minimum Gasteiger partial charge on any atom is -0.303 e. The van der Waals surface area contributed by atoms with E-state index in [1.807, 2.05) is 0 Å². The SMILES string of the molecule is CCCN1CCC(NS(=O)(=O)c2c(Cl)cccc2Cl)CC1. The van der Waals surface area contributed by atoms with Crippen molar-refractivity contribution < 1.29 is 8.42 Å². The Bertz CT molecular complexity index is 564. The lowest BCUT2D eigenvalue weighted by Gasteiger charge is -2.32. The minimum absolute atomic E-state index is 0.0238. The van der Waals surface area contributed by atoms with Crippen molar-refractivity contribution in [2.45, 2.75) is 37.1 Å². The molecule has 0 saturated carbocycles. The van der Waals surface area contributed by atoms with Gasteiger partial charge in [0.1, 0.15) is 4.90 Å². The molecule has 1 fully saturated rings. The van der Waals surface area contributed by atoms with Crippen LogP contribution in [0.2, 0.25) is 10.0 Å². The number of benzene rings is 1. The zero-order valence-corrected chi connectivity index (χ0v) is 14.3. The normalized spacial score (nSPS) is 18.0. The Balaban J connectivity index is 2.06. The molecule has 1 aliphatic rings. The molecule has 0 radical (unpaired) electrons. The highest BCUT2D eigenvalue weighted by molar-refractivity contribution is 7.89. The molecule has 1 heterocycles. The van der Waals surface area contributed by atoms with E-state index in [1.165, 1.54) is 12.1 Å². The van der Waals surface area contributed by atoms with Gasteiger partial charge in [-0.1, -0.05) is 36.2 Å². The molecule has 118 valence electrons. The summed E-state index contributed by atoms with van der Waals surface area (Å²) in [5.74, 6) is 0. The summed E-state index contributed by atoms with van der Waals surface area (Å²) in [6, 6.07) is 4.64. The van der Waals surface area contributed by atoms with Gasteiger partial charge in [0.25, 0.3) is 0 Å². The van der Waals surface area contributed by atoms with Crippen LogP contribution in [0.1, 0.15) is 26.2 Å². The molecule has 7 heteroatoms. The topological polar surface area (TPSA) is 49.4 Å². The molecule has 0 bridgehead atoms. The summed E-state index contributed by atoms with van der Waals surface area (Å²) in [4.78, 5) is 2.33. The van der Waals surface area contributed by atoms with Gasteiger partial charge in [-0.15, -0.1) is 0 Å². The molecule has 0 aromatic heterocycles. The summed E-state index contributed by atoms with van der Waals surface area (Å²) in [5.41, 5.74) is 0. The molecule has 4 nitrogen and oxygen atoms in total. The van der Waals surface area contributed by atoms with Crippen molar-refractivity contribution >= 4 is 33.2 Å². The van der Waals surface area contributed by atoms with E-state index in [1.54, 1.807) is 6.07 Å². The van der Waals surface area contributed by atoms with Crippen LogP contribution in [0.5, 0.6) is 0 Å². The molecule has 1 aromatic rings. The van der Waals surface area contributed by atoms with E-state index in [4.69, 9.17) is 23.2 Å². The van der Waals surface area contributed by atoms with Crippen molar-refractivity contribution in [3.05, 3.63) is 28.2 Å². The lowest BCUT2D eigenvalue weighted by Crippen LogP contribution is -2.44. The zero-order chi connectivity index (χ0) is 15.5. The molecule has 0 unspecified atom stereocenters. The number of hydrogen-bond donors (Lipinski definition) is 1. The lowest BCUT2D eigenvalue weighted by molar-refractivity contribution is 0.208. The largest absolute Gasteiger partial charge is 0.303 e. The quantitative estimate of drug-likeness (QED) is 0.887.